The molecule has 9 heteroatoms. The molecule has 0 aromatic heterocycles. The largest absolute Gasteiger partial charge is 0.352 e. The first-order valence-corrected chi connectivity index (χ1v) is 13.0. The normalized spacial score (nSPS) is 27.4. The van der Waals surface area contributed by atoms with Gasteiger partial charge < -0.3 is 5.32 Å². The molecule has 0 bridgehead atoms. The van der Waals surface area contributed by atoms with E-state index in [1.54, 1.807) is 24.3 Å². The summed E-state index contributed by atoms with van der Waals surface area (Å²) in [6.45, 7) is 2.27. The van der Waals surface area contributed by atoms with Crippen molar-refractivity contribution in [2.75, 3.05) is 18.1 Å². The lowest BCUT2D eigenvalue weighted by Gasteiger charge is -2.28. The van der Waals surface area contributed by atoms with Crippen molar-refractivity contribution < 1.29 is 21.6 Å². The van der Waals surface area contributed by atoms with Crippen LogP contribution >= 0.6 is 0 Å². The van der Waals surface area contributed by atoms with E-state index in [-0.39, 0.29) is 40.2 Å². The molecule has 1 heterocycles. The number of carbonyl (C=O) groups is 1. The Morgan fingerprint density at radius 2 is 1.71 bits per heavy atom. The van der Waals surface area contributed by atoms with E-state index in [9.17, 15) is 21.6 Å². The van der Waals surface area contributed by atoms with E-state index in [4.69, 9.17) is 0 Å². The van der Waals surface area contributed by atoms with Crippen LogP contribution in [0.25, 0.3) is 0 Å². The molecule has 0 spiro atoms. The fourth-order valence-electron chi connectivity index (χ4n) is 3.88. The van der Waals surface area contributed by atoms with Gasteiger partial charge in [0, 0.05) is 18.5 Å². The van der Waals surface area contributed by atoms with E-state index in [1.807, 2.05) is 6.92 Å². The number of amides is 1. The highest BCUT2D eigenvalue weighted by Gasteiger charge is 2.32. The van der Waals surface area contributed by atoms with Crippen molar-refractivity contribution in [3.8, 4) is 0 Å². The Balaban J connectivity index is 1.44. The predicted octanol–water partition coefficient (Wildman–Crippen LogP) is 1.38. The summed E-state index contributed by atoms with van der Waals surface area (Å²) >= 11 is 0. The SMILES string of the molecule is Cc1ccc(S(=O)(=O)NCC2CCC(C(=O)N[C@@H]3CCS(=O)(=O)C3)CC2)cc1. The molecule has 2 fully saturated rings. The monoisotopic (exact) mass is 428 g/mol. The lowest BCUT2D eigenvalue weighted by molar-refractivity contribution is -0.126. The summed E-state index contributed by atoms with van der Waals surface area (Å²) in [5, 5.41) is 2.87. The van der Waals surface area contributed by atoms with Crippen molar-refractivity contribution in [2.24, 2.45) is 11.8 Å². The van der Waals surface area contributed by atoms with E-state index in [0.717, 1.165) is 18.4 Å². The molecule has 1 saturated heterocycles. The second kappa shape index (κ2) is 8.51. The van der Waals surface area contributed by atoms with Gasteiger partial charge in [-0.2, -0.15) is 0 Å². The number of hydrogen-bond donors (Lipinski definition) is 2. The van der Waals surface area contributed by atoms with Gasteiger partial charge in [0.1, 0.15) is 0 Å². The van der Waals surface area contributed by atoms with E-state index in [2.05, 4.69) is 10.0 Å². The Morgan fingerprint density at radius 3 is 2.29 bits per heavy atom. The average Bonchev–Trinajstić information content (AvgIpc) is 2.99. The van der Waals surface area contributed by atoms with E-state index in [1.165, 1.54) is 0 Å². The number of sulfonamides is 1. The van der Waals surface area contributed by atoms with Crippen LogP contribution in [0.15, 0.2) is 29.2 Å². The van der Waals surface area contributed by atoms with Gasteiger partial charge in [0.25, 0.3) is 0 Å². The van der Waals surface area contributed by atoms with Crippen LogP contribution in [0.2, 0.25) is 0 Å². The minimum absolute atomic E-state index is 0.0366. The number of aryl methyl sites for hydroxylation is 1. The summed E-state index contributed by atoms with van der Waals surface area (Å²) in [5.74, 6) is 0.200. The Hall–Kier alpha value is -1.45. The zero-order valence-electron chi connectivity index (χ0n) is 16.1. The van der Waals surface area contributed by atoms with Gasteiger partial charge in [-0.3, -0.25) is 4.79 Å². The topological polar surface area (TPSA) is 109 Å². The molecular weight excluding hydrogens is 400 g/mol. The van der Waals surface area contributed by atoms with Crippen LogP contribution in [-0.4, -0.2) is 46.8 Å². The van der Waals surface area contributed by atoms with Gasteiger partial charge in [-0.05, 0) is 57.1 Å². The molecule has 1 atom stereocenters. The van der Waals surface area contributed by atoms with Crippen molar-refractivity contribution in [1.29, 1.82) is 0 Å². The van der Waals surface area contributed by atoms with Crippen LogP contribution in [-0.2, 0) is 24.7 Å². The van der Waals surface area contributed by atoms with Gasteiger partial charge in [0.15, 0.2) is 9.84 Å². The van der Waals surface area contributed by atoms with Crippen LogP contribution in [0.5, 0.6) is 0 Å². The summed E-state index contributed by atoms with van der Waals surface area (Å²) in [4.78, 5) is 12.6. The summed E-state index contributed by atoms with van der Waals surface area (Å²) in [6.07, 6.45) is 3.43. The standard InChI is InChI=1S/C19H28N2O5S2/c1-14-2-8-18(9-3-14)28(25,26)20-12-15-4-6-16(7-5-15)19(22)21-17-10-11-27(23,24)13-17/h2-3,8-9,15-17,20H,4-7,10-13H2,1H3,(H,21,22)/t15?,16?,17-/m1/s1. The smallest absolute Gasteiger partial charge is 0.240 e. The molecular formula is C19H28N2O5S2. The number of sulfone groups is 1. The van der Waals surface area contributed by atoms with Crippen molar-refractivity contribution in [3.63, 3.8) is 0 Å². The van der Waals surface area contributed by atoms with Crippen LogP contribution in [0.1, 0.15) is 37.7 Å². The highest BCUT2D eigenvalue weighted by atomic mass is 32.2. The fourth-order valence-corrected chi connectivity index (χ4v) is 6.67. The number of benzene rings is 1. The maximum absolute atomic E-state index is 12.4. The lowest BCUT2D eigenvalue weighted by atomic mass is 9.81. The van der Waals surface area contributed by atoms with Gasteiger partial charge in [-0.1, -0.05) is 17.7 Å². The summed E-state index contributed by atoms with van der Waals surface area (Å²) in [6, 6.07) is 6.48. The molecule has 0 radical (unpaired) electrons. The van der Waals surface area contributed by atoms with Crippen LogP contribution in [0, 0.1) is 18.8 Å². The van der Waals surface area contributed by atoms with Crippen molar-refractivity contribution in [2.45, 2.75) is 50.0 Å². The van der Waals surface area contributed by atoms with Crippen molar-refractivity contribution in [1.82, 2.24) is 10.0 Å². The minimum atomic E-state index is -3.52. The maximum atomic E-state index is 12.4. The van der Waals surface area contributed by atoms with Gasteiger partial charge in [0.2, 0.25) is 15.9 Å². The molecule has 2 N–H and O–H groups in total. The molecule has 7 nitrogen and oxygen atoms in total. The highest BCUT2D eigenvalue weighted by molar-refractivity contribution is 7.91. The molecule has 3 rings (SSSR count). The summed E-state index contributed by atoms with van der Waals surface area (Å²) in [5.41, 5.74) is 1.01. The quantitative estimate of drug-likeness (QED) is 0.711. The molecule has 1 saturated carbocycles. The molecule has 1 amide bonds. The van der Waals surface area contributed by atoms with Gasteiger partial charge >= 0.3 is 0 Å². The Bertz CT molecular complexity index is 902. The van der Waals surface area contributed by atoms with Crippen LogP contribution in [0.3, 0.4) is 0 Å². The second-order valence-electron chi connectivity index (χ2n) is 7.99. The first-order valence-electron chi connectivity index (χ1n) is 9.72. The minimum Gasteiger partial charge on any atom is -0.352 e. The zero-order valence-corrected chi connectivity index (χ0v) is 17.7. The number of hydrogen-bond acceptors (Lipinski definition) is 5. The average molecular weight is 429 g/mol. The first kappa shape index (κ1) is 21.3. The fraction of sp³-hybridized carbons (Fsp3) is 0.632. The Labute approximate surface area is 167 Å². The van der Waals surface area contributed by atoms with Crippen LogP contribution < -0.4 is 10.0 Å². The Kier molecular flexibility index (Phi) is 6.46. The molecule has 28 heavy (non-hydrogen) atoms. The van der Waals surface area contributed by atoms with Gasteiger partial charge in [0.05, 0.1) is 16.4 Å². The Morgan fingerprint density at radius 1 is 1.07 bits per heavy atom. The third-order valence-electron chi connectivity index (χ3n) is 5.69. The van der Waals surface area contributed by atoms with E-state index < -0.39 is 19.9 Å². The molecule has 2 aliphatic rings. The number of carbonyl (C=O) groups excluding carboxylic acids is 1. The summed E-state index contributed by atoms with van der Waals surface area (Å²) in [7, 11) is -6.53. The molecule has 1 aliphatic carbocycles. The van der Waals surface area contributed by atoms with E-state index >= 15 is 0 Å². The molecule has 1 aliphatic heterocycles. The second-order valence-corrected chi connectivity index (χ2v) is 12.0. The van der Waals surface area contributed by atoms with Gasteiger partial charge in [-0.25, -0.2) is 21.6 Å². The lowest BCUT2D eigenvalue weighted by Crippen LogP contribution is -2.41. The maximum Gasteiger partial charge on any atom is 0.240 e. The van der Waals surface area contributed by atoms with Crippen molar-refractivity contribution in [3.05, 3.63) is 29.8 Å². The molecule has 156 valence electrons. The molecule has 0 unspecified atom stereocenters. The van der Waals surface area contributed by atoms with Gasteiger partial charge in [-0.15, -0.1) is 0 Å². The number of rotatable bonds is 6. The predicted molar refractivity (Wildman–Crippen MR) is 107 cm³/mol. The molecule has 1 aromatic rings. The molecule has 1 aromatic carbocycles. The third-order valence-corrected chi connectivity index (χ3v) is 8.90. The van der Waals surface area contributed by atoms with Crippen molar-refractivity contribution >= 4 is 25.8 Å². The van der Waals surface area contributed by atoms with Crippen LogP contribution in [0.4, 0.5) is 0 Å². The highest BCUT2D eigenvalue weighted by Crippen LogP contribution is 2.29. The zero-order chi connectivity index (χ0) is 20.4. The van der Waals surface area contributed by atoms with E-state index in [0.29, 0.717) is 25.8 Å². The number of nitrogens with one attached hydrogen (secondary N) is 2. The summed E-state index contributed by atoms with van der Waals surface area (Å²) < 4.78 is 50.5. The third kappa shape index (κ3) is 5.55. The first-order chi connectivity index (χ1) is 13.1.